The number of nitrogens with two attached hydrogens (primary N) is 1. The van der Waals surface area contributed by atoms with Gasteiger partial charge in [-0.3, -0.25) is 0 Å². The molecule has 0 spiro atoms. The molecule has 3 nitrogen and oxygen atoms in total. The maximum Gasteiger partial charge on any atom is 0.418 e. The molecule has 0 fully saturated rings. The molecule has 1 aromatic carbocycles. The van der Waals surface area contributed by atoms with Crippen LogP contribution in [0.15, 0.2) is 23.1 Å². The first-order valence-corrected chi connectivity index (χ1v) is 5.71. The molecule has 0 saturated heterocycles. The van der Waals surface area contributed by atoms with E-state index in [1.807, 2.05) is 0 Å². The van der Waals surface area contributed by atoms with Crippen molar-refractivity contribution in [2.24, 2.45) is 0 Å². The number of benzene rings is 1. The van der Waals surface area contributed by atoms with E-state index in [1.54, 1.807) is 0 Å². The quantitative estimate of drug-likeness (QED) is 0.574. The molecule has 1 unspecified atom stereocenters. The third-order valence-corrected chi connectivity index (χ3v) is 3.12. The molecule has 0 bridgehead atoms. The van der Waals surface area contributed by atoms with Crippen LogP contribution < -0.4 is 5.73 Å². The number of alkyl halides is 3. The highest BCUT2D eigenvalue weighted by Gasteiger charge is 2.33. The van der Waals surface area contributed by atoms with Gasteiger partial charge in [0.05, 0.1) is 18.3 Å². The van der Waals surface area contributed by atoms with Gasteiger partial charge in [0, 0.05) is 16.3 Å². The summed E-state index contributed by atoms with van der Waals surface area (Å²) in [7, 11) is 0. The predicted molar refractivity (Wildman–Crippen MR) is 59.7 cm³/mol. The number of rotatable bonds is 4. The van der Waals surface area contributed by atoms with Crippen LogP contribution in [0.4, 0.5) is 18.9 Å². The first kappa shape index (κ1) is 14.1. The van der Waals surface area contributed by atoms with Gasteiger partial charge in [0.15, 0.2) is 0 Å². The second kappa shape index (κ2) is 5.61. The van der Waals surface area contributed by atoms with Gasteiger partial charge in [-0.2, -0.15) is 13.2 Å². The maximum absolute atomic E-state index is 12.5. The lowest BCUT2D eigenvalue weighted by Crippen LogP contribution is -2.14. The lowest BCUT2D eigenvalue weighted by atomic mass is 10.2. The van der Waals surface area contributed by atoms with Gasteiger partial charge in [-0.25, -0.2) is 0 Å². The van der Waals surface area contributed by atoms with E-state index in [4.69, 9.17) is 15.9 Å². The molecule has 0 saturated carbocycles. The highest BCUT2D eigenvalue weighted by atomic mass is 32.2. The molecule has 96 valence electrons. The van der Waals surface area contributed by atoms with E-state index >= 15 is 0 Å². The van der Waals surface area contributed by atoms with Gasteiger partial charge in [0.1, 0.15) is 0 Å². The SMILES string of the molecule is Nc1ccc(SCC(O)CO)cc1C(F)(F)F. The van der Waals surface area contributed by atoms with E-state index in [1.165, 1.54) is 12.1 Å². The molecule has 4 N–H and O–H groups in total. The fraction of sp³-hybridized carbons (Fsp3) is 0.400. The van der Waals surface area contributed by atoms with Gasteiger partial charge >= 0.3 is 6.18 Å². The summed E-state index contributed by atoms with van der Waals surface area (Å²) in [6.07, 6.45) is -5.44. The number of aliphatic hydroxyl groups is 2. The van der Waals surface area contributed by atoms with E-state index in [0.29, 0.717) is 4.90 Å². The monoisotopic (exact) mass is 267 g/mol. The van der Waals surface area contributed by atoms with E-state index in [2.05, 4.69) is 0 Å². The van der Waals surface area contributed by atoms with Crippen molar-refractivity contribution in [2.45, 2.75) is 17.2 Å². The molecule has 0 aliphatic rings. The second-order valence-corrected chi connectivity index (χ2v) is 4.49. The summed E-state index contributed by atoms with van der Waals surface area (Å²) in [5.74, 6) is 0.123. The third-order valence-electron chi connectivity index (χ3n) is 1.98. The predicted octanol–water partition coefficient (Wildman–Crippen LogP) is 1.73. The second-order valence-electron chi connectivity index (χ2n) is 3.39. The summed E-state index contributed by atoms with van der Waals surface area (Å²) in [5, 5.41) is 17.7. The molecule has 1 rings (SSSR count). The Morgan fingerprint density at radius 3 is 2.53 bits per heavy atom. The van der Waals surface area contributed by atoms with Crippen LogP contribution in [0.2, 0.25) is 0 Å². The largest absolute Gasteiger partial charge is 0.418 e. The van der Waals surface area contributed by atoms with Crippen molar-refractivity contribution in [2.75, 3.05) is 18.1 Å². The summed E-state index contributed by atoms with van der Waals surface area (Å²) >= 11 is 1.03. The molecule has 0 radical (unpaired) electrons. The molecular formula is C10H12F3NO2S. The number of aliphatic hydroxyl groups excluding tert-OH is 2. The van der Waals surface area contributed by atoms with Crippen LogP contribution in [0.3, 0.4) is 0 Å². The van der Waals surface area contributed by atoms with E-state index in [0.717, 1.165) is 17.8 Å². The van der Waals surface area contributed by atoms with Crippen molar-refractivity contribution in [1.82, 2.24) is 0 Å². The maximum atomic E-state index is 12.5. The zero-order valence-electron chi connectivity index (χ0n) is 8.74. The van der Waals surface area contributed by atoms with E-state index < -0.39 is 24.5 Å². The summed E-state index contributed by atoms with van der Waals surface area (Å²) < 4.78 is 37.5. The van der Waals surface area contributed by atoms with Crippen LogP contribution in [0.1, 0.15) is 5.56 Å². The van der Waals surface area contributed by atoms with Gasteiger partial charge in [-0.15, -0.1) is 11.8 Å². The molecule has 1 aromatic rings. The van der Waals surface area contributed by atoms with Crippen LogP contribution in [-0.4, -0.2) is 28.7 Å². The van der Waals surface area contributed by atoms with Crippen molar-refractivity contribution < 1.29 is 23.4 Å². The number of nitrogen functional groups attached to an aromatic ring is 1. The molecule has 0 heterocycles. The Labute approximate surface area is 100 Å². The van der Waals surface area contributed by atoms with Crippen molar-refractivity contribution in [3.8, 4) is 0 Å². The molecule has 7 heteroatoms. The van der Waals surface area contributed by atoms with Gasteiger partial charge in [0.25, 0.3) is 0 Å². The Morgan fingerprint density at radius 2 is 2.00 bits per heavy atom. The fourth-order valence-corrected chi connectivity index (χ4v) is 1.97. The minimum atomic E-state index is -4.49. The normalized spacial score (nSPS) is 13.7. The molecule has 0 aliphatic heterocycles. The standard InChI is InChI=1S/C10H12F3NO2S/c11-10(12,13)8-3-7(1-2-9(8)14)17-5-6(16)4-15/h1-3,6,15-16H,4-5,14H2. The Balaban J connectivity index is 2.82. The van der Waals surface area contributed by atoms with Crippen LogP contribution >= 0.6 is 11.8 Å². The average Bonchev–Trinajstić information content (AvgIpc) is 2.26. The van der Waals surface area contributed by atoms with Crippen molar-refractivity contribution in [3.05, 3.63) is 23.8 Å². The molecule has 17 heavy (non-hydrogen) atoms. The average molecular weight is 267 g/mol. The topological polar surface area (TPSA) is 66.5 Å². The molecular weight excluding hydrogens is 255 g/mol. The van der Waals surface area contributed by atoms with Crippen LogP contribution in [0.25, 0.3) is 0 Å². The van der Waals surface area contributed by atoms with Gasteiger partial charge in [-0.1, -0.05) is 0 Å². The molecule has 0 aliphatic carbocycles. The van der Waals surface area contributed by atoms with Crippen LogP contribution in [0.5, 0.6) is 0 Å². The van der Waals surface area contributed by atoms with E-state index in [-0.39, 0.29) is 11.4 Å². The van der Waals surface area contributed by atoms with Crippen LogP contribution in [-0.2, 0) is 6.18 Å². The van der Waals surface area contributed by atoms with E-state index in [9.17, 15) is 13.2 Å². The van der Waals surface area contributed by atoms with Crippen molar-refractivity contribution >= 4 is 17.4 Å². The summed E-state index contributed by atoms with van der Waals surface area (Å²) in [6, 6.07) is 3.56. The zero-order valence-corrected chi connectivity index (χ0v) is 9.55. The van der Waals surface area contributed by atoms with Gasteiger partial charge < -0.3 is 15.9 Å². The summed E-state index contributed by atoms with van der Waals surface area (Å²) in [6.45, 7) is -0.423. The number of hydrogen-bond donors (Lipinski definition) is 3. The number of anilines is 1. The molecule has 0 aromatic heterocycles. The lowest BCUT2D eigenvalue weighted by Gasteiger charge is -2.12. The van der Waals surface area contributed by atoms with Gasteiger partial charge in [0.2, 0.25) is 0 Å². The minimum Gasteiger partial charge on any atom is -0.398 e. The summed E-state index contributed by atoms with van der Waals surface area (Å²) in [4.78, 5) is 0.346. The highest BCUT2D eigenvalue weighted by molar-refractivity contribution is 7.99. The minimum absolute atomic E-state index is 0.123. The number of hydrogen-bond acceptors (Lipinski definition) is 4. The first-order valence-electron chi connectivity index (χ1n) is 4.73. The highest BCUT2D eigenvalue weighted by Crippen LogP contribution is 2.36. The van der Waals surface area contributed by atoms with Crippen molar-refractivity contribution in [3.63, 3.8) is 0 Å². The number of thioether (sulfide) groups is 1. The lowest BCUT2D eigenvalue weighted by molar-refractivity contribution is -0.137. The number of halogens is 3. The Kier molecular flexibility index (Phi) is 4.67. The molecule has 1 atom stereocenters. The summed E-state index contributed by atoms with van der Waals surface area (Å²) in [5.41, 5.74) is 4.02. The fourth-order valence-electron chi connectivity index (χ4n) is 1.12. The molecule has 0 amide bonds. The Hall–Kier alpha value is -0.920. The van der Waals surface area contributed by atoms with Crippen LogP contribution in [0, 0.1) is 0 Å². The Morgan fingerprint density at radius 1 is 1.35 bits per heavy atom. The Bertz CT molecular complexity index is 384. The first-order chi connectivity index (χ1) is 7.84. The van der Waals surface area contributed by atoms with Crippen molar-refractivity contribution in [1.29, 1.82) is 0 Å². The third kappa shape index (κ3) is 4.10. The zero-order chi connectivity index (χ0) is 13.1. The smallest absolute Gasteiger partial charge is 0.398 e. The van der Waals surface area contributed by atoms with Gasteiger partial charge in [-0.05, 0) is 18.2 Å².